The Morgan fingerprint density at radius 2 is 1.89 bits per heavy atom. The first kappa shape index (κ1) is 17.8. The predicted octanol–water partition coefficient (Wildman–Crippen LogP) is 0.774. The molecule has 7 heteroatoms. The average molecular weight is 382 g/mol. The van der Waals surface area contributed by atoms with E-state index in [-0.39, 0.29) is 24.1 Å². The van der Waals surface area contributed by atoms with Gasteiger partial charge in [0.05, 0.1) is 0 Å². The number of nitrogens with zero attached hydrogens (tertiary/aromatic N) is 2. The highest BCUT2D eigenvalue weighted by Crippen LogP contribution is 2.31. The fourth-order valence-electron chi connectivity index (χ4n) is 5.22. The van der Waals surface area contributed by atoms with E-state index in [2.05, 4.69) is 15.5 Å². The Hall–Kier alpha value is -2.25. The van der Waals surface area contributed by atoms with Crippen LogP contribution in [0.25, 0.3) is 0 Å². The standard InChI is InChI=1S/C21H26N4O3/c26-18-7-6-17(20(27)23-18)25-11-14-3-1-2-13(19(14)21(25)28)10-24-9-8-15-4-5-16(12-24)22-15/h1-3,15-17,22H,4-12H2,(H,23,26,27). The molecule has 3 saturated heterocycles. The molecule has 0 spiro atoms. The minimum Gasteiger partial charge on any atom is -0.322 e. The number of benzene rings is 1. The van der Waals surface area contributed by atoms with Crippen molar-refractivity contribution in [2.45, 2.75) is 63.3 Å². The smallest absolute Gasteiger partial charge is 0.255 e. The van der Waals surface area contributed by atoms with Crippen molar-refractivity contribution in [3.63, 3.8) is 0 Å². The minimum atomic E-state index is -0.552. The number of carbonyl (C=O) groups excluding carboxylic acids is 3. The van der Waals surface area contributed by atoms with Crippen molar-refractivity contribution in [3.05, 3.63) is 34.9 Å². The monoisotopic (exact) mass is 382 g/mol. The normalized spacial score (nSPS) is 30.4. The first-order valence-electron chi connectivity index (χ1n) is 10.3. The van der Waals surface area contributed by atoms with Crippen molar-refractivity contribution in [2.75, 3.05) is 13.1 Å². The molecule has 3 amide bonds. The van der Waals surface area contributed by atoms with Gasteiger partial charge >= 0.3 is 0 Å². The van der Waals surface area contributed by atoms with E-state index in [1.54, 1.807) is 4.90 Å². The first-order chi connectivity index (χ1) is 13.6. The van der Waals surface area contributed by atoms with Crippen molar-refractivity contribution in [2.24, 2.45) is 0 Å². The minimum absolute atomic E-state index is 0.0745. The second-order valence-corrected chi connectivity index (χ2v) is 8.51. The van der Waals surface area contributed by atoms with Crippen LogP contribution in [0.2, 0.25) is 0 Å². The Kier molecular flexibility index (Phi) is 4.44. The molecule has 148 valence electrons. The fraction of sp³-hybridized carbons (Fsp3) is 0.571. The number of hydrogen-bond donors (Lipinski definition) is 2. The van der Waals surface area contributed by atoms with Gasteiger partial charge in [0.25, 0.3) is 5.91 Å². The Bertz CT molecular complexity index is 839. The summed E-state index contributed by atoms with van der Waals surface area (Å²) >= 11 is 0. The molecule has 0 saturated carbocycles. The van der Waals surface area contributed by atoms with Crippen molar-refractivity contribution in [3.8, 4) is 0 Å². The van der Waals surface area contributed by atoms with E-state index in [1.807, 2.05) is 18.2 Å². The summed E-state index contributed by atoms with van der Waals surface area (Å²) in [6, 6.07) is 6.68. The zero-order valence-electron chi connectivity index (χ0n) is 15.9. The lowest BCUT2D eigenvalue weighted by Crippen LogP contribution is -2.52. The van der Waals surface area contributed by atoms with E-state index in [0.29, 0.717) is 25.0 Å². The second-order valence-electron chi connectivity index (χ2n) is 8.51. The van der Waals surface area contributed by atoms with Crippen LogP contribution in [-0.4, -0.2) is 58.7 Å². The van der Waals surface area contributed by atoms with E-state index in [1.165, 1.54) is 12.8 Å². The second kappa shape index (κ2) is 6.97. The maximum absolute atomic E-state index is 13.2. The Labute approximate surface area is 164 Å². The van der Waals surface area contributed by atoms with Crippen LogP contribution < -0.4 is 10.6 Å². The topological polar surface area (TPSA) is 81.8 Å². The molecule has 3 fully saturated rings. The lowest BCUT2D eigenvalue weighted by molar-refractivity contribution is -0.136. The summed E-state index contributed by atoms with van der Waals surface area (Å²) in [4.78, 5) is 41.0. The van der Waals surface area contributed by atoms with Gasteiger partial charge in [0.2, 0.25) is 11.8 Å². The molecule has 0 aliphatic carbocycles. The van der Waals surface area contributed by atoms with Crippen molar-refractivity contribution in [1.82, 2.24) is 20.4 Å². The lowest BCUT2D eigenvalue weighted by atomic mass is 10.0. The number of imide groups is 1. The van der Waals surface area contributed by atoms with Crippen LogP contribution in [0.1, 0.15) is 53.6 Å². The van der Waals surface area contributed by atoms with Crippen LogP contribution in [0.3, 0.4) is 0 Å². The van der Waals surface area contributed by atoms with E-state index < -0.39 is 6.04 Å². The molecule has 2 bridgehead atoms. The number of nitrogens with one attached hydrogen (secondary N) is 2. The molecule has 3 atom stereocenters. The molecule has 2 N–H and O–H groups in total. The van der Waals surface area contributed by atoms with Gasteiger partial charge in [-0.3, -0.25) is 24.6 Å². The molecule has 28 heavy (non-hydrogen) atoms. The first-order valence-corrected chi connectivity index (χ1v) is 10.3. The maximum atomic E-state index is 13.2. The number of carbonyl (C=O) groups is 3. The van der Waals surface area contributed by atoms with Crippen LogP contribution in [0, 0.1) is 0 Å². The van der Waals surface area contributed by atoms with E-state index >= 15 is 0 Å². The third kappa shape index (κ3) is 3.12. The molecule has 4 aliphatic heterocycles. The largest absolute Gasteiger partial charge is 0.322 e. The van der Waals surface area contributed by atoms with Crippen LogP contribution in [-0.2, 0) is 22.7 Å². The van der Waals surface area contributed by atoms with Crippen molar-refractivity contribution in [1.29, 1.82) is 0 Å². The zero-order chi connectivity index (χ0) is 19.3. The molecule has 1 aromatic carbocycles. The van der Waals surface area contributed by atoms with Crippen LogP contribution >= 0.6 is 0 Å². The molecule has 3 unspecified atom stereocenters. The summed E-state index contributed by atoms with van der Waals surface area (Å²) in [7, 11) is 0. The molecule has 4 aliphatic rings. The van der Waals surface area contributed by atoms with Crippen molar-refractivity contribution >= 4 is 17.7 Å². The molecular formula is C21H26N4O3. The number of amides is 3. The van der Waals surface area contributed by atoms with Gasteiger partial charge < -0.3 is 10.2 Å². The quantitative estimate of drug-likeness (QED) is 0.755. The Morgan fingerprint density at radius 1 is 1.04 bits per heavy atom. The van der Waals surface area contributed by atoms with Gasteiger partial charge in [0.15, 0.2) is 0 Å². The van der Waals surface area contributed by atoms with Crippen LogP contribution in [0.4, 0.5) is 0 Å². The Morgan fingerprint density at radius 3 is 2.75 bits per heavy atom. The summed E-state index contributed by atoms with van der Waals surface area (Å²) in [6.45, 7) is 3.28. The number of likely N-dealkylation sites (tertiary alicyclic amines) is 1. The molecule has 1 aromatic rings. The van der Waals surface area contributed by atoms with Gasteiger partial charge in [0, 0.05) is 50.2 Å². The van der Waals surface area contributed by atoms with Crippen molar-refractivity contribution < 1.29 is 14.4 Å². The van der Waals surface area contributed by atoms with Crippen LogP contribution in [0.5, 0.6) is 0 Å². The molecular weight excluding hydrogens is 356 g/mol. The van der Waals surface area contributed by atoms with Gasteiger partial charge in [0.1, 0.15) is 6.04 Å². The molecule has 5 rings (SSSR count). The highest BCUT2D eigenvalue weighted by Gasteiger charge is 2.40. The molecule has 0 aromatic heterocycles. The summed E-state index contributed by atoms with van der Waals surface area (Å²) in [5, 5.41) is 6.07. The SMILES string of the molecule is O=C1CCC(N2Cc3cccc(CN4CCC5CCC(C4)N5)c3C2=O)C(=O)N1. The Balaban J connectivity index is 1.35. The predicted molar refractivity (Wildman–Crippen MR) is 102 cm³/mol. The number of piperidine rings is 1. The van der Waals surface area contributed by atoms with E-state index in [0.717, 1.165) is 42.7 Å². The summed E-state index contributed by atoms with van der Waals surface area (Å²) in [6.07, 6.45) is 4.35. The summed E-state index contributed by atoms with van der Waals surface area (Å²) in [5.74, 6) is -0.682. The van der Waals surface area contributed by atoms with E-state index in [9.17, 15) is 14.4 Å². The number of fused-ring (bicyclic) bond motifs is 3. The highest BCUT2D eigenvalue weighted by molar-refractivity contribution is 6.05. The lowest BCUT2D eigenvalue weighted by Gasteiger charge is -2.29. The van der Waals surface area contributed by atoms with Crippen LogP contribution in [0.15, 0.2) is 18.2 Å². The molecule has 0 radical (unpaired) electrons. The molecule has 4 heterocycles. The van der Waals surface area contributed by atoms with Gasteiger partial charge in [-0.15, -0.1) is 0 Å². The van der Waals surface area contributed by atoms with Gasteiger partial charge in [-0.1, -0.05) is 18.2 Å². The van der Waals surface area contributed by atoms with Gasteiger partial charge in [-0.25, -0.2) is 0 Å². The highest BCUT2D eigenvalue weighted by atomic mass is 16.2. The number of hydrogen-bond acceptors (Lipinski definition) is 5. The molecule has 7 nitrogen and oxygen atoms in total. The van der Waals surface area contributed by atoms with Gasteiger partial charge in [-0.05, 0) is 36.8 Å². The zero-order valence-corrected chi connectivity index (χ0v) is 15.9. The average Bonchev–Trinajstić information content (AvgIpc) is 3.17. The number of rotatable bonds is 3. The summed E-state index contributed by atoms with van der Waals surface area (Å²) in [5.41, 5.74) is 2.80. The van der Waals surface area contributed by atoms with E-state index in [4.69, 9.17) is 0 Å². The fourth-order valence-corrected chi connectivity index (χ4v) is 5.22. The third-order valence-corrected chi connectivity index (χ3v) is 6.64. The summed E-state index contributed by atoms with van der Waals surface area (Å²) < 4.78 is 0. The third-order valence-electron chi connectivity index (χ3n) is 6.64. The van der Waals surface area contributed by atoms with Gasteiger partial charge in [-0.2, -0.15) is 0 Å². The maximum Gasteiger partial charge on any atom is 0.255 e.